The highest BCUT2D eigenvalue weighted by atomic mass is 32.2. The van der Waals surface area contributed by atoms with E-state index in [1.54, 1.807) is 33.5 Å². The lowest BCUT2D eigenvalue weighted by Gasteiger charge is -2.23. The number of amides is 1. The van der Waals surface area contributed by atoms with E-state index in [-0.39, 0.29) is 5.91 Å². The number of anilines is 1. The van der Waals surface area contributed by atoms with E-state index >= 15 is 0 Å². The molecule has 1 amide bonds. The van der Waals surface area contributed by atoms with Crippen LogP contribution in [0, 0.1) is 0 Å². The summed E-state index contributed by atoms with van der Waals surface area (Å²) in [6, 6.07) is 11.4. The molecule has 0 unspecified atom stereocenters. The first-order valence-corrected chi connectivity index (χ1v) is 9.34. The molecule has 0 aliphatic carbocycles. The normalized spacial score (nSPS) is 16.5. The molecular formula is C20H23NO4S. The van der Waals surface area contributed by atoms with E-state index in [1.807, 2.05) is 34.9 Å². The molecule has 0 aromatic heterocycles. The number of thioether (sulfide) groups is 1. The summed E-state index contributed by atoms with van der Waals surface area (Å²) in [5.41, 5.74) is 1.45. The number of carbonyl (C=O) groups is 1. The Balaban J connectivity index is 2.04. The van der Waals surface area contributed by atoms with E-state index < -0.39 is 0 Å². The number of carbonyl (C=O) groups excluding carboxylic acids is 1. The van der Waals surface area contributed by atoms with Crippen molar-refractivity contribution in [3.63, 3.8) is 0 Å². The van der Waals surface area contributed by atoms with Crippen molar-refractivity contribution in [2.75, 3.05) is 32.8 Å². The van der Waals surface area contributed by atoms with Gasteiger partial charge in [0.1, 0.15) is 0 Å². The van der Waals surface area contributed by atoms with Crippen LogP contribution in [0.4, 0.5) is 5.69 Å². The highest BCUT2D eigenvalue weighted by molar-refractivity contribution is 8.00. The summed E-state index contributed by atoms with van der Waals surface area (Å²) in [4.78, 5) is 16.3. The maximum absolute atomic E-state index is 13.3. The number of hydrogen-bond acceptors (Lipinski definition) is 5. The van der Waals surface area contributed by atoms with E-state index in [1.165, 1.54) is 0 Å². The Morgan fingerprint density at radius 3 is 2.35 bits per heavy atom. The Bertz CT molecular complexity index is 783. The topological polar surface area (TPSA) is 48.0 Å². The van der Waals surface area contributed by atoms with Crippen molar-refractivity contribution in [3.05, 3.63) is 42.0 Å². The van der Waals surface area contributed by atoms with Gasteiger partial charge in [0.2, 0.25) is 5.75 Å². The molecule has 1 aliphatic rings. The maximum atomic E-state index is 13.3. The van der Waals surface area contributed by atoms with E-state index in [9.17, 15) is 4.79 Å². The van der Waals surface area contributed by atoms with Crippen molar-refractivity contribution < 1.29 is 19.0 Å². The smallest absolute Gasteiger partial charge is 0.258 e. The molecular weight excluding hydrogens is 350 g/mol. The molecule has 3 rings (SSSR count). The fraction of sp³-hybridized carbons (Fsp3) is 0.350. The molecule has 0 saturated carbocycles. The molecule has 26 heavy (non-hydrogen) atoms. The van der Waals surface area contributed by atoms with Crippen LogP contribution >= 0.6 is 11.8 Å². The number of ether oxygens (including phenoxy) is 3. The van der Waals surface area contributed by atoms with Crippen molar-refractivity contribution >= 4 is 23.4 Å². The average Bonchev–Trinajstić information content (AvgIpc) is 2.84. The minimum atomic E-state index is -0.0774. The summed E-state index contributed by atoms with van der Waals surface area (Å²) in [5, 5.41) is 0.453. The number of rotatable bonds is 4. The predicted molar refractivity (Wildman–Crippen MR) is 104 cm³/mol. The van der Waals surface area contributed by atoms with Crippen molar-refractivity contribution in [1.82, 2.24) is 0 Å². The third-order valence-electron chi connectivity index (χ3n) is 4.40. The average molecular weight is 373 g/mol. The Hall–Kier alpha value is -2.34. The van der Waals surface area contributed by atoms with Crippen LogP contribution in [-0.4, -0.2) is 39.0 Å². The zero-order chi connectivity index (χ0) is 18.7. The van der Waals surface area contributed by atoms with E-state index in [0.29, 0.717) is 34.6 Å². The second-order valence-corrected chi connectivity index (χ2v) is 7.54. The molecule has 0 radical (unpaired) electrons. The Labute approximate surface area is 158 Å². The molecule has 0 saturated heterocycles. The van der Waals surface area contributed by atoms with Gasteiger partial charge in [-0.05, 0) is 30.7 Å². The predicted octanol–water partition coefficient (Wildman–Crippen LogP) is 4.24. The summed E-state index contributed by atoms with van der Waals surface area (Å²) in [5.74, 6) is 1.35. The van der Waals surface area contributed by atoms with E-state index in [2.05, 4.69) is 13.0 Å². The van der Waals surface area contributed by atoms with Crippen LogP contribution in [0.1, 0.15) is 23.7 Å². The second-order valence-electron chi connectivity index (χ2n) is 6.06. The van der Waals surface area contributed by atoms with Crippen LogP contribution in [-0.2, 0) is 0 Å². The number of methoxy groups -OCH3 is 3. The lowest BCUT2D eigenvalue weighted by molar-refractivity contribution is 0.0985. The van der Waals surface area contributed by atoms with Crippen LogP contribution in [0.3, 0.4) is 0 Å². The van der Waals surface area contributed by atoms with Gasteiger partial charge in [0, 0.05) is 22.3 Å². The number of benzene rings is 2. The van der Waals surface area contributed by atoms with Crippen LogP contribution in [0.25, 0.3) is 0 Å². The molecule has 0 fully saturated rings. The Morgan fingerprint density at radius 1 is 1.08 bits per heavy atom. The SMILES string of the molecule is COc1cc(C(=O)N2CC[C@@H](C)Sc3ccccc32)cc(OC)c1OC. The molecule has 2 aromatic carbocycles. The third-order valence-corrected chi connectivity index (χ3v) is 5.64. The summed E-state index contributed by atoms with van der Waals surface area (Å²) in [6.07, 6.45) is 0.926. The molecule has 0 N–H and O–H groups in total. The van der Waals surface area contributed by atoms with Crippen LogP contribution in [0.15, 0.2) is 41.3 Å². The summed E-state index contributed by atoms with van der Waals surface area (Å²) < 4.78 is 16.1. The summed E-state index contributed by atoms with van der Waals surface area (Å²) >= 11 is 1.81. The van der Waals surface area contributed by atoms with Crippen molar-refractivity contribution in [3.8, 4) is 17.2 Å². The van der Waals surface area contributed by atoms with Gasteiger partial charge >= 0.3 is 0 Å². The Morgan fingerprint density at radius 2 is 1.73 bits per heavy atom. The highest BCUT2D eigenvalue weighted by Crippen LogP contribution is 2.41. The molecule has 1 aliphatic heterocycles. The minimum Gasteiger partial charge on any atom is -0.493 e. The summed E-state index contributed by atoms with van der Waals surface area (Å²) in [6.45, 7) is 2.86. The monoisotopic (exact) mass is 373 g/mol. The van der Waals surface area contributed by atoms with Gasteiger partial charge < -0.3 is 19.1 Å². The number of fused-ring (bicyclic) bond motifs is 1. The van der Waals surface area contributed by atoms with E-state index in [0.717, 1.165) is 17.0 Å². The Kier molecular flexibility index (Phi) is 5.61. The van der Waals surface area contributed by atoms with Crippen LogP contribution in [0.2, 0.25) is 0 Å². The first-order valence-electron chi connectivity index (χ1n) is 8.46. The van der Waals surface area contributed by atoms with Gasteiger partial charge in [-0.3, -0.25) is 4.79 Å². The van der Waals surface area contributed by atoms with Gasteiger partial charge in [0.05, 0.1) is 27.0 Å². The number of hydrogen-bond donors (Lipinski definition) is 0. The van der Waals surface area contributed by atoms with Gasteiger partial charge in [-0.25, -0.2) is 0 Å². The van der Waals surface area contributed by atoms with Gasteiger partial charge in [0.15, 0.2) is 11.5 Å². The molecule has 5 nitrogen and oxygen atoms in total. The maximum Gasteiger partial charge on any atom is 0.258 e. The van der Waals surface area contributed by atoms with Crippen LogP contribution < -0.4 is 19.1 Å². The quantitative estimate of drug-likeness (QED) is 0.802. The molecule has 0 bridgehead atoms. The molecule has 6 heteroatoms. The standard InChI is InChI=1S/C20H23NO4S/c1-13-9-10-21(15-7-5-6-8-18(15)26-13)20(22)14-11-16(23-2)19(25-4)17(12-14)24-3/h5-8,11-13H,9-10H2,1-4H3/t13-/m1/s1. The van der Waals surface area contributed by atoms with Gasteiger partial charge in [-0.2, -0.15) is 0 Å². The zero-order valence-corrected chi connectivity index (χ0v) is 16.3. The number of para-hydroxylation sites is 1. The van der Waals surface area contributed by atoms with Gasteiger partial charge in [0.25, 0.3) is 5.91 Å². The first kappa shape index (κ1) is 18.5. The van der Waals surface area contributed by atoms with Crippen LogP contribution in [0.5, 0.6) is 17.2 Å². The van der Waals surface area contributed by atoms with Gasteiger partial charge in [-0.15, -0.1) is 11.8 Å². The van der Waals surface area contributed by atoms with Gasteiger partial charge in [-0.1, -0.05) is 19.1 Å². The van der Waals surface area contributed by atoms with Crippen molar-refractivity contribution in [1.29, 1.82) is 0 Å². The lowest BCUT2D eigenvalue weighted by atomic mass is 10.1. The fourth-order valence-electron chi connectivity index (χ4n) is 3.06. The third kappa shape index (κ3) is 3.46. The molecule has 0 spiro atoms. The minimum absolute atomic E-state index is 0.0774. The summed E-state index contributed by atoms with van der Waals surface area (Å²) in [7, 11) is 4.64. The lowest BCUT2D eigenvalue weighted by Crippen LogP contribution is -2.32. The van der Waals surface area contributed by atoms with Crippen molar-refractivity contribution in [2.24, 2.45) is 0 Å². The number of nitrogens with zero attached hydrogens (tertiary/aromatic N) is 1. The second kappa shape index (κ2) is 7.91. The fourth-order valence-corrected chi connectivity index (χ4v) is 4.17. The zero-order valence-electron chi connectivity index (χ0n) is 15.4. The molecule has 138 valence electrons. The van der Waals surface area contributed by atoms with E-state index in [4.69, 9.17) is 14.2 Å². The largest absolute Gasteiger partial charge is 0.493 e. The highest BCUT2D eigenvalue weighted by Gasteiger charge is 2.26. The molecule has 1 heterocycles. The first-order chi connectivity index (χ1) is 12.6. The van der Waals surface area contributed by atoms with Crippen molar-refractivity contribution in [2.45, 2.75) is 23.5 Å². The molecule has 2 aromatic rings. The molecule has 1 atom stereocenters.